The third-order valence-corrected chi connectivity index (χ3v) is 1.56. The molecule has 0 aliphatic heterocycles. The first-order valence-corrected chi connectivity index (χ1v) is 4.53. The number of rotatable bonds is 2. The molecule has 0 bridgehead atoms. The molecule has 0 radical (unpaired) electrons. The predicted octanol–water partition coefficient (Wildman–Crippen LogP) is 3.66. The summed E-state index contributed by atoms with van der Waals surface area (Å²) in [5.74, 6) is 0. The molecule has 0 atom stereocenters. The highest BCUT2D eigenvalue weighted by atomic mass is 35.5. The van der Waals surface area contributed by atoms with Crippen LogP contribution in [-0.2, 0) is 0 Å². The Balaban J connectivity index is 0.000000671. The van der Waals surface area contributed by atoms with Crippen LogP contribution in [0.3, 0.4) is 0 Å². The number of nitrogens with zero attached hydrogens (tertiary/aromatic N) is 2. The Hall–Kier alpha value is -1.02. The maximum Gasteiger partial charge on any atom is 0.0684 e. The van der Waals surface area contributed by atoms with E-state index in [0.29, 0.717) is 5.02 Å². The second-order valence-electron chi connectivity index (χ2n) is 2.31. The van der Waals surface area contributed by atoms with Crippen molar-refractivity contribution < 1.29 is 0 Å². The van der Waals surface area contributed by atoms with Gasteiger partial charge in [-0.3, -0.25) is 0 Å². The summed E-state index contributed by atoms with van der Waals surface area (Å²) >= 11 is 5.74. The zero-order valence-corrected chi connectivity index (χ0v) is 9.10. The molecular weight excluding hydrogens is 184 g/mol. The fourth-order valence-corrected chi connectivity index (χ4v) is 1.05. The van der Waals surface area contributed by atoms with Gasteiger partial charge < -0.3 is 0 Å². The molecule has 3 heteroatoms. The van der Waals surface area contributed by atoms with Crippen LogP contribution in [0.1, 0.15) is 26.5 Å². The van der Waals surface area contributed by atoms with E-state index in [-0.39, 0.29) is 0 Å². The van der Waals surface area contributed by atoms with Crippen LogP contribution in [0, 0.1) is 0 Å². The van der Waals surface area contributed by atoms with E-state index >= 15 is 0 Å². The van der Waals surface area contributed by atoms with E-state index in [9.17, 15) is 0 Å². The van der Waals surface area contributed by atoms with Crippen LogP contribution in [0.4, 0.5) is 0 Å². The van der Waals surface area contributed by atoms with Gasteiger partial charge in [0.25, 0.3) is 0 Å². The molecule has 0 spiro atoms. The largest absolute Gasteiger partial charge is 0.240 e. The summed E-state index contributed by atoms with van der Waals surface area (Å²) in [6.45, 7) is 13.1. The Kier molecular flexibility index (Phi) is 5.16. The van der Waals surface area contributed by atoms with Gasteiger partial charge in [0.05, 0.1) is 10.7 Å². The van der Waals surface area contributed by atoms with Gasteiger partial charge in [0, 0.05) is 12.9 Å². The second-order valence-corrected chi connectivity index (χ2v) is 2.75. The van der Waals surface area contributed by atoms with Gasteiger partial charge in [-0.05, 0) is 18.6 Å². The average Bonchev–Trinajstić information content (AvgIpc) is 2.50. The van der Waals surface area contributed by atoms with Crippen LogP contribution in [0.5, 0.6) is 0 Å². The van der Waals surface area contributed by atoms with E-state index < -0.39 is 0 Å². The Morgan fingerprint density at radius 1 is 1.54 bits per heavy atom. The summed E-state index contributed by atoms with van der Waals surface area (Å²) in [5, 5.41) is 4.38. The lowest BCUT2D eigenvalue weighted by Crippen LogP contribution is -1.89. The first-order valence-electron chi connectivity index (χ1n) is 4.16. The fraction of sp³-hybridized carbons (Fsp3) is 0.300. The molecule has 0 aliphatic rings. The molecule has 1 aromatic rings. The molecule has 0 unspecified atom stereocenters. The van der Waals surface area contributed by atoms with E-state index in [1.165, 1.54) is 0 Å². The lowest BCUT2D eigenvalue weighted by molar-refractivity contribution is 0.881. The van der Waals surface area contributed by atoms with Crippen LogP contribution >= 0.6 is 11.6 Å². The van der Waals surface area contributed by atoms with Crippen molar-refractivity contribution >= 4 is 23.9 Å². The van der Waals surface area contributed by atoms with Gasteiger partial charge in [-0.1, -0.05) is 32.0 Å². The SMILES string of the molecule is C=Nn1cc(Cl)cc1C(=C)C.CC. The molecule has 0 fully saturated rings. The van der Waals surface area contributed by atoms with Crippen LogP contribution in [-0.4, -0.2) is 11.4 Å². The van der Waals surface area contributed by atoms with Crippen molar-refractivity contribution in [3.05, 3.63) is 29.6 Å². The fourth-order valence-electron chi connectivity index (χ4n) is 0.856. The highest BCUT2D eigenvalue weighted by molar-refractivity contribution is 6.30. The Morgan fingerprint density at radius 3 is 2.38 bits per heavy atom. The number of halogens is 1. The third-order valence-electron chi connectivity index (χ3n) is 1.36. The van der Waals surface area contributed by atoms with Gasteiger partial charge in [0.1, 0.15) is 0 Å². The lowest BCUT2D eigenvalue weighted by Gasteiger charge is -1.98. The van der Waals surface area contributed by atoms with Gasteiger partial charge in [-0.15, -0.1) is 0 Å². The second kappa shape index (κ2) is 5.60. The zero-order valence-electron chi connectivity index (χ0n) is 8.34. The van der Waals surface area contributed by atoms with Gasteiger partial charge >= 0.3 is 0 Å². The van der Waals surface area contributed by atoms with Crippen molar-refractivity contribution in [2.45, 2.75) is 20.8 Å². The van der Waals surface area contributed by atoms with E-state index in [1.807, 2.05) is 20.8 Å². The summed E-state index contributed by atoms with van der Waals surface area (Å²) in [4.78, 5) is 0. The van der Waals surface area contributed by atoms with E-state index in [0.717, 1.165) is 11.3 Å². The summed E-state index contributed by atoms with van der Waals surface area (Å²) in [6.07, 6.45) is 1.69. The zero-order chi connectivity index (χ0) is 10.4. The van der Waals surface area contributed by atoms with Crippen molar-refractivity contribution in [1.29, 1.82) is 0 Å². The topological polar surface area (TPSA) is 17.3 Å². The smallest absolute Gasteiger partial charge is 0.0684 e. The summed E-state index contributed by atoms with van der Waals surface area (Å²) in [7, 11) is 0. The summed E-state index contributed by atoms with van der Waals surface area (Å²) in [5.41, 5.74) is 1.81. The minimum Gasteiger partial charge on any atom is -0.240 e. The molecule has 0 saturated heterocycles. The maximum atomic E-state index is 5.74. The van der Waals surface area contributed by atoms with Crippen molar-refractivity contribution in [2.75, 3.05) is 0 Å². The van der Waals surface area contributed by atoms with Crippen molar-refractivity contribution in [2.24, 2.45) is 5.10 Å². The Morgan fingerprint density at radius 2 is 2.08 bits per heavy atom. The number of hydrogen-bond donors (Lipinski definition) is 0. The van der Waals surface area contributed by atoms with Crippen molar-refractivity contribution in [1.82, 2.24) is 4.68 Å². The lowest BCUT2D eigenvalue weighted by atomic mass is 10.2. The number of aromatic nitrogens is 1. The van der Waals surface area contributed by atoms with E-state index in [4.69, 9.17) is 11.6 Å². The van der Waals surface area contributed by atoms with Gasteiger partial charge in [0.15, 0.2) is 0 Å². The summed E-state index contributed by atoms with van der Waals surface area (Å²) < 4.78 is 1.60. The molecule has 2 nitrogen and oxygen atoms in total. The molecule has 0 aromatic carbocycles. The molecule has 13 heavy (non-hydrogen) atoms. The highest BCUT2D eigenvalue weighted by Crippen LogP contribution is 2.19. The standard InChI is InChI=1S/C8H9ClN2.C2H6/c1-6(2)8-4-7(9)5-11(8)10-3;1-2/h4-5H,1,3H2,2H3;1-2H3. The van der Waals surface area contributed by atoms with Gasteiger partial charge in [0.2, 0.25) is 0 Å². The molecule has 1 aromatic heterocycles. The normalized spacial score (nSPS) is 8.62. The quantitative estimate of drug-likeness (QED) is 0.646. The van der Waals surface area contributed by atoms with Gasteiger partial charge in [-0.2, -0.15) is 5.10 Å². The molecule has 1 rings (SSSR count). The first-order chi connectivity index (χ1) is 6.15. The molecule has 0 N–H and O–H groups in total. The van der Waals surface area contributed by atoms with Crippen LogP contribution < -0.4 is 0 Å². The number of allylic oxidation sites excluding steroid dienone is 1. The number of hydrogen-bond acceptors (Lipinski definition) is 1. The Labute approximate surface area is 84.5 Å². The van der Waals surface area contributed by atoms with Crippen LogP contribution in [0.2, 0.25) is 5.02 Å². The van der Waals surface area contributed by atoms with Crippen molar-refractivity contribution in [3.63, 3.8) is 0 Å². The Bertz CT molecular complexity index is 300. The van der Waals surface area contributed by atoms with Gasteiger partial charge in [-0.25, -0.2) is 4.68 Å². The molecule has 72 valence electrons. The van der Waals surface area contributed by atoms with E-state index in [1.54, 1.807) is 16.9 Å². The summed E-state index contributed by atoms with van der Waals surface area (Å²) in [6, 6.07) is 1.80. The average molecular weight is 199 g/mol. The third kappa shape index (κ3) is 3.07. The first kappa shape index (κ1) is 12.0. The van der Waals surface area contributed by atoms with Crippen molar-refractivity contribution in [3.8, 4) is 0 Å². The molecule has 0 aliphatic carbocycles. The van der Waals surface area contributed by atoms with Crippen LogP contribution in [0.15, 0.2) is 23.9 Å². The molecule has 0 amide bonds. The highest BCUT2D eigenvalue weighted by Gasteiger charge is 2.02. The van der Waals surface area contributed by atoms with Crippen LogP contribution in [0.25, 0.3) is 5.57 Å². The monoisotopic (exact) mass is 198 g/mol. The molecular formula is C10H15ClN2. The predicted molar refractivity (Wildman–Crippen MR) is 60.4 cm³/mol. The minimum atomic E-state index is 0.649. The molecule has 0 saturated carbocycles. The van der Waals surface area contributed by atoms with E-state index in [2.05, 4.69) is 18.4 Å². The minimum absolute atomic E-state index is 0.649. The molecule has 1 heterocycles. The maximum absolute atomic E-state index is 5.74.